The number of anilines is 2. The summed E-state index contributed by atoms with van der Waals surface area (Å²) in [6.45, 7) is 3.22. The fourth-order valence-electron chi connectivity index (χ4n) is 2.78. The van der Waals surface area contributed by atoms with Crippen LogP contribution in [0.3, 0.4) is 0 Å². The molecule has 0 saturated carbocycles. The van der Waals surface area contributed by atoms with Gasteiger partial charge in [-0.2, -0.15) is 0 Å². The van der Waals surface area contributed by atoms with Gasteiger partial charge in [-0.15, -0.1) is 0 Å². The van der Waals surface area contributed by atoms with Crippen LogP contribution < -0.4 is 10.6 Å². The van der Waals surface area contributed by atoms with Gasteiger partial charge in [0.25, 0.3) is 0 Å². The monoisotopic (exact) mass is 356 g/mol. The molecule has 4 nitrogen and oxygen atoms in total. The number of thiocarbonyl (C=S) groups is 2. The van der Waals surface area contributed by atoms with E-state index in [2.05, 4.69) is 34.1 Å². The molecule has 2 aromatic carbocycles. The van der Waals surface area contributed by atoms with Crippen molar-refractivity contribution >= 4 is 46.0 Å². The molecule has 6 heteroatoms. The summed E-state index contributed by atoms with van der Waals surface area (Å²) in [5.41, 5.74) is 7.85. The number of hydrogen-bond donors (Lipinski definition) is 1. The first-order valence-electron chi connectivity index (χ1n) is 7.90. The van der Waals surface area contributed by atoms with Crippen molar-refractivity contribution in [3.8, 4) is 0 Å². The quantitative estimate of drug-likeness (QED) is 0.834. The van der Waals surface area contributed by atoms with Crippen molar-refractivity contribution in [2.45, 2.75) is 0 Å². The van der Waals surface area contributed by atoms with Crippen LogP contribution in [-0.4, -0.2) is 46.2 Å². The molecule has 3 rings (SSSR count). The van der Waals surface area contributed by atoms with Gasteiger partial charge in [0, 0.05) is 37.6 Å². The molecule has 1 aliphatic heterocycles. The zero-order chi connectivity index (χ0) is 16.9. The molecule has 0 bridgehead atoms. The van der Waals surface area contributed by atoms with Crippen molar-refractivity contribution in [2.24, 2.45) is 5.73 Å². The van der Waals surface area contributed by atoms with Crippen LogP contribution in [0.2, 0.25) is 0 Å². The third-order valence-electron chi connectivity index (χ3n) is 4.08. The van der Waals surface area contributed by atoms with Crippen LogP contribution in [0.25, 0.3) is 0 Å². The summed E-state index contributed by atoms with van der Waals surface area (Å²) in [5.74, 6) is 0. The Labute approximate surface area is 153 Å². The molecule has 2 aromatic rings. The molecule has 124 valence electrons. The van der Waals surface area contributed by atoms with Crippen molar-refractivity contribution < 1.29 is 0 Å². The Kier molecular flexibility index (Phi) is 5.27. The van der Waals surface area contributed by atoms with Gasteiger partial charge in [-0.3, -0.25) is 4.90 Å². The third kappa shape index (κ3) is 3.66. The summed E-state index contributed by atoms with van der Waals surface area (Å²) >= 11 is 10.9. The minimum absolute atomic E-state index is 0.462. The predicted octanol–water partition coefficient (Wildman–Crippen LogP) is 2.97. The van der Waals surface area contributed by atoms with E-state index in [4.69, 9.17) is 30.2 Å². The van der Waals surface area contributed by atoms with Crippen molar-refractivity contribution in [1.29, 1.82) is 0 Å². The first-order chi connectivity index (χ1) is 11.7. The third-order valence-corrected chi connectivity index (χ3v) is 4.78. The van der Waals surface area contributed by atoms with E-state index in [1.165, 1.54) is 0 Å². The second-order valence-corrected chi connectivity index (χ2v) is 6.38. The molecule has 1 saturated heterocycles. The number of nitrogens with two attached hydrogens (primary N) is 1. The fourth-order valence-corrected chi connectivity index (χ4v) is 3.36. The van der Waals surface area contributed by atoms with Crippen molar-refractivity contribution in [2.75, 3.05) is 31.1 Å². The summed E-state index contributed by atoms with van der Waals surface area (Å²) in [4.78, 5) is 6.35. The lowest BCUT2D eigenvalue weighted by molar-refractivity contribution is 0.261. The number of hydrogen-bond acceptors (Lipinski definition) is 2. The molecule has 1 aliphatic rings. The van der Waals surface area contributed by atoms with Gasteiger partial charge in [0.05, 0.1) is 0 Å². The van der Waals surface area contributed by atoms with Crippen molar-refractivity contribution in [3.05, 3.63) is 60.7 Å². The van der Waals surface area contributed by atoms with Gasteiger partial charge in [0.15, 0.2) is 10.2 Å². The number of benzene rings is 2. The Morgan fingerprint density at radius 1 is 0.750 bits per heavy atom. The Hall–Kier alpha value is -2.18. The minimum atomic E-state index is 0.462. The molecule has 24 heavy (non-hydrogen) atoms. The van der Waals surface area contributed by atoms with Crippen molar-refractivity contribution in [1.82, 2.24) is 9.80 Å². The first kappa shape index (κ1) is 16.7. The van der Waals surface area contributed by atoms with Gasteiger partial charge in [-0.25, -0.2) is 0 Å². The SMILES string of the molecule is NC(=S)N1CCN(C(=S)N(c2ccccc2)c2ccccc2)CC1. The lowest BCUT2D eigenvalue weighted by Crippen LogP contribution is -2.54. The molecular formula is C18H20N4S2. The smallest absolute Gasteiger partial charge is 0.180 e. The van der Waals surface area contributed by atoms with E-state index in [0.717, 1.165) is 42.7 Å². The summed E-state index contributed by atoms with van der Waals surface area (Å²) < 4.78 is 0. The van der Waals surface area contributed by atoms with Crippen LogP contribution >= 0.6 is 24.4 Å². The van der Waals surface area contributed by atoms with E-state index in [9.17, 15) is 0 Å². The normalized spacial score (nSPS) is 14.3. The summed E-state index contributed by atoms with van der Waals surface area (Å²) in [6, 6.07) is 20.4. The average Bonchev–Trinajstić information content (AvgIpc) is 2.64. The molecular weight excluding hydrogens is 336 g/mol. The van der Waals surface area contributed by atoms with Crippen molar-refractivity contribution in [3.63, 3.8) is 0 Å². The Balaban J connectivity index is 1.84. The maximum atomic E-state index is 5.83. The summed E-state index contributed by atoms with van der Waals surface area (Å²) in [7, 11) is 0. The van der Waals surface area contributed by atoms with Gasteiger partial charge in [0.2, 0.25) is 0 Å². The average molecular weight is 357 g/mol. The van der Waals surface area contributed by atoms with E-state index in [1.807, 2.05) is 41.3 Å². The number of rotatable bonds is 2. The minimum Gasteiger partial charge on any atom is -0.376 e. The lowest BCUT2D eigenvalue weighted by atomic mass is 10.2. The predicted molar refractivity (Wildman–Crippen MR) is 108 cm³/mol. The van der Waals surface area contributed by atoms with Gasteiger partial charge < -0.3 is 15.5 Å². The Morgan fingerprint density at radius 2 is 1.17 bits per heavy atom. The summed E-state index contributed by atoms with van der Waals surface area (Å²) in [6.07, 6.45) is 0. The second kappa shape index (κ2) is 7.59. The highest BCUT2D eigenvalue weighted by atomic mass is 32.1. The molecule has 0 unspecified atom stereocenters. The molecule has 0 radical (unpaired) electrons. The van der Waals surface area contributed by atoms with E-state index in [0.29, 0.717) is 5.11 Å². The fraction of sp³-hybridized carbons (Fsp3) is 0.222. The van der Waals surface area contributed by atoms with Crippen LogP contribution in [-0.2, 0) is 0 Å². The first-order valence-corrected chi connectivity index (χ1v) is 8.72. The van der Waals surface area contributed by atoms with Gasteiger partial charge in [-0.1, -0.05) is 36.4 Å². The van der Waals surface area contributed by atoms with Crippen LogP contribution in [0, 0.1) is 0 Å². The number of nitrogens with zero attached hydrogens (tertiary/aromatic N) is 3. The largest absolute Gasteiger partial charge is 0.376 e. The van der Waals surface area contributed by atoms with Gasteiger partial charge in [0.1, 0.15) is 0 Å². The topological polar surface area (TPSA) is 35.7 Å². The van der Waals surface area contributed by atoms with E-state index in [1.54, 1.807) is 0 Å². The standard InChI is InChI=1S/C18H20N4S2/c19-17(23)20-11-13-21(14-12-20)18(24)22(15-7-3-1-4-8-15)16-9-5-2-6-10-16/h1-10H,11-14H2,(H2,19,23). The second-order valence-electron chi connectivity index (χ2n) is 5.60. The van der Waals surface area contributed by atoms with Crippen LogP contribution in [0.5, 0.6) is 0 Å². The highest BCUT2D eigenvalue weighted by Gasteiger charge is 2.24. The van der Waals surface area contributed by atoms with Gasteiger partial charge in [-0.05, 0) is 48.7 Å². The molecule has 0 aliphatic carbocycles. The number of para-hydroxylation sites is 2. The molecule has 2 N–H and O–H groups in total. The molecule has 0 aromatic heterocycles. The highest BCUT2D eigenvalue weighted by molar-refractivity contribution is 7.80. The van der Waals surface area contributed by atoms with Crippen LogP contribution in [0.15, 0.2) is 60.7 Å². The molecule has 0 amide bonds. The maximum absolute atomic E-state index is 5.83. The van der Waals surface area contributed by atoms with Gasteiger partial charge >= 0.3 is 0 Å². The highest BCUT2D eigenvalue weighted by Crippen LogP contribution is 2.27. The van der Waals surface area contributed by atoms with E-state index >= 15 is 0 Å². The zero-order valence-electron chi connectivity index (χ0n) is 13.3. The molecule has 1 heterocycles. The lowest BCUT2D eigenvalue weighted by Gasteiger charge is -2.39. The molecule has 1 fully saturated rings. The molecule has 0 atom stereocenters. The van der Waals surface area contributed by atoms with E-state index in [-0.39, 0.29) is 0 Å². The Bertz CT molecular complexity index is 658. The van der Waals surface area contributed by atoms with E-state index < -0.39 is 0 Å². The van der Waals surface area contributed by atoms with Crippen LogP contribution in [0.4, 0.5) is 11.4 Å². The Morgan fingerprint density at radius 3 is 1.58 bits per heavy atom. The molecule has 0 spiro atoms. The number of piperazine rings is 1. The summed E-state index contributed by atoms with van der Waals surface area (Å²) in [5, 5.41) is 1.26. The zero-order valence-corrected chi connectivity index (χ0v) is 15.0. The van der Waals surface area contributed by atoms with Crippen LogP contribution in [0.1, 0.15) is 0 Å². The maximum Gasteiger partial charge on any atom is 0.180 e.